The molecule has 2 aromatic rings. The summed E-state index contributed by atoms with van der Waals surface area (Å²) in [6, 6.07) is 1.83. The predicted molar refractivity (Wildman–Crippen MR) is 107 cm³/mol. The van der Waals surface area contributed by atoms with Crippen molar-refractivity contribution < 1.29 is 4.74 Å². The van der Waals surface area contributed by atoms with Crippen LogP contribution in [0.2, 0.25) is 0 Å². The first-order chi connectivity index (χ1) is 13.7. The molecular formula is C19H28N8O. The van der Waals surface area contributed by atoms with Crippen molar-refractivity contribution in [1.82, 2.24) is 24.6 Å². The van der Waals surface area contributed by atoms with Crippen LogP contribution in [0.1, 0.15) is 25.0 Å². The lowest BCUT2D eigenvalue weighted by Crippen LogP contribution is -2.51. The number of nitrogens with two attached hydrogens (primary N) is 1. The predicted octanol–water partition coefficient (Wildman–Crippen LogP) is 0.908. The number of rotatable bonds is 5. The first-order valence-electron chi connectivity index (χ1n) is 9.95. The molecule has 2 N–H and O–H groups in total. The summed E-state index contributed by atoms with van der Waals surface area (Å²) in [5, 5.41) is 4.37. The van der Waals surface area contributed by atoms with Crippen LogP contribution in [-0.2, 0) is 11.3 Å². The monoisotopic (exact) mass is 384 g/mol. The molecule has 9 heteroatoms. The molecule has 0 amide bonds. The zero-order valence-corrected chi connectivity index (χ0v) is 16.3. The highest BCUT2D eigenvalue weighted by molar-refractivity contribution is 5.78. The number of aliphatic imine (C=N–C) groups is 1. The number of hydrogen-bond acceptors (Lipinski definition) is 6. The zero-order valence-electron chi connectivity index (χ0n) is 16.3. The van der Waals surface area contributed by atoms with E-state index in [0.717, 1.165) is 57.3 Å². The molecule has 4 heterocycles. The molecular weight excluding hydrogens is 356 g/mol. The average molecular weight is 384 g/mol. The van der Waals surface area contributed by atoms with E-state index in [1.807, 2.05) is 16.9 Å². The molecule has 2 aromatic heterocycles. The fourth-order valence-corrected chi connectivity index (χ4v) is 3.79. The molecule has 4 rings (SSSR count). The molecule has 2 fully saturated rings. The van der Waals surface area contributed by atoms with E-state index in [4.69, 9.17) is 15.5 Å². The number of anilines is 1. The maximum atomic E-state index is 6.29. The van der Waals surface area contributed by atoms with E-state index in [9.17, 15) is 0 Å². The molecule has 2 saturated heterocycles. The third kappa shape index (κ3) is 4.09. The van der Waals surface area contributed by atoms with Gasteiger partial charge in [-0.15, -0.1) is 0 Å². The minimum atomic E-state index is 0.0592. The Labute approximate surface area is 165 Å². The van der Waals surface area contributed by atoms with Gasteiger partial charge in [-0.25, -0.2) is 9.97 Å². The highest BCUT2D eigenvalue weighted by Crippen LogP contribution is 2.34. The van der Waals surface area contributed by atoms with Gasteiger partial charge in [-0.2, -0.15) is 5.10 Å². The Morgan fingerprint density at radius 3 is 2.75 bits per heavy atom. The van der Waals surface area contributed by atoms with Gasteiger partial charge in [-0.1, -0.05) is 0 Å². The lowest BCUT2D eigenvalue weighted by atomic mass is 9.98. The van der Waals surface area contributed by atoms with Crippen molar-refractivity contribution in [3.63, 3.8) is 0 Å². The molecule has 0 aromatic carbocycles. The minimum absolute atomic E-state index is 0.0592. The van der Waals surface area contributed by atoms with Crippen molar-refractivity contribution in [3.8, 4) is 0 Å². The summed E-state index contributed by atoms with van der Waals surface area (Å²) in [6.07, 6.45) is 8.58. The molecule has 2 atom stereocenters. The fourth-order valence-electron chi connectivity index (χ4n) is 3.79. The minimum Gasteiger partial charge on any atom is -0.373 e. The number of piperazine rings is 1. The Kier molecular flexibility index (Phi) is 5.70. The Morgan fingerprint density at radius 2 is 2.04 bits per heavy atom. The Bertz CT molecular complexity index is 784. The quantitative estimate of drug-likeness (QED) is 0.604. The van der Waals surface area contributed by atoms with Gasteiger partial charge in [0.1, 0.15) is 0 Å². The van der Waals surface area contributed by atoms with E-state index in [-0.39, 0.29) is 6.10 Å². The molecule has 2 aliphatic heterocycles. The van der Waals surface area contributed by atoms with Crippen LogP contribution < -0.4 is 10.6 Å². The maximum Gasteiger partial charge on any atom is 0.225 e. The van der Waals surface area contributed by atoms with Crippen LogP contribution in [0.4, 0.5) is 5.95 Å². The highest BCUT2D eigenvalue weighted by atomic mass is 16.5. The highest BCUT2D eigenvalue weighted by Gasteiger charge is 2.31. The Morgan fingerprint density at radius 1 is 1.25 bits per heavy atom. The van der Waals surface area contributed by atoms with Crippen molar-refractivity contribution in [2.45, 2.75) is 26.0 Å². The first-order valence-corrected chi connectivity index (χ1v) is 9.95. The lowest BCUT2D eigenvalue weighted by molar-refractivity contribution is 0.0924. The second-order valence-corrected chi connectivity index (χ2v) is 7.19. The van der Waals surface area contributed by atoms with Crippen molar-refractivity contribution >= 4 is 11.9 Å². The molecule has 0 unspecified atom stereocenters. The first kappa shape index (κ1) is 18.7. The largest absolute Gasteiger partial charge is 0.373 e. The van der Waals surface area contributed by atoms with Gasteiger partial charge in [0.25, 0.3) is 0 Å². The van der Waals surface area contributed by atoms with Gasteiger partial charge in [0.05, 0.1) is 12.3 Å². The smallest absolute Gasteiger partial charge is 0.225 e. The van der Waals surface area contributed by atoms with E-state index < -0.39 is 0 Å². The van der Waals surface area contributed by atoms with Crippen LogP contribution in [0.5, 0.6) is 0 Å². The van der Waals surface area contributed by atoms with Gasteiger partial charge in [-0.3, -0.25) is 9.67 Å². The van der Waals surface area contributed by atoms with Crippen LogP contribution in [0, 0.1) is 5.92 Å². The number of ether oxygens (including phenoxy) is 1. The van der Waals surface area contributed by atoms with Crippen LogP contribution in [0.15, 0.2) is 35.8 Å². The maximum absolute atomic E-state index is 6.29. The summed E-state index contributed by atoms with van der Waals surface area (Å²) in [7, 11) is 0. The topological polar surface area (TPSA) is 97.7 Å². The van der Waals surface area contributed by atoms with Gasteiger partial charge >= 0.3 is 0 Å². The van der Waals surface area contributed by atoms with Gasteiger partial charge in [0.2, 0.25) is 5.95 Å². The molecule has 0 radical (unpaired) electrons. The molecule has 150 valence electrons. The summed E-state index contributed by atoms with van der Waals surface area (Å²) >= 11 is 0. The van der Waals surface area contributed by atoms with Crippen molar-refractivity contribution in [2.75, 3.05) is 44.2 Å². The van der Waals surface area contributed by atoms with E-state index >= 15 is 0 Å². The number of hydrogen-bond donors (Lipinski definition) is 1. The van der Waals surface area contributed by atoms with Crippen molar-refractivity contribution in [2.24, 2.45) is 16.6 Å². The molecule has 9 nitrogen and oxygen atoms in total. The van der Waals surface area contributed by atoms with E-state index in [2.05, 4.69) is 38.0 Å². The summed E-state index contributed by atoms with van der Waals surface area (Å²) in [4.78, 5) is 17.6. The molecule has 2 aliphatic rings. The van der Waals surface area contributed by atoms with Gasteiger partial charge < -0.3 is 20.3 Å². The second kappa shape index (κ2) is 8.55. The van der Waals surface area contributed by atoms with E-state index in [0.29, 0.717) is 18.4 Å². The molecule has 28 heavy (non-hydrogen) atoms. The lowest BCUT2D eigenvalue weighted by Gasteiger charge is -2.35. The number of aromatic nitrogens is 4. The average Bonchev–Trinajstić information content (AvgIpc) is 3.41. The normalized spacial score (nSPS) is 23.4. The Balaban J connectivity index is 1.32. The third-order valence-corrected chi connectivity index (χ3v) is 5.45. The van der Waals surface area contributed by atoms with Crippen molar-refractivity contribution in [1.29, 1.82) is 0 Å². The molecule has 0 bridgehead atoms. The fraction of sp³-hybridized carbons (Fsp3) is 0.579. The van der Waals surface area contributed by atoms with Gasteiger partial charge in [0.15, 0.2) is 5.96 Å². The van der Waals surface area contributed by atoms with Crippen molar-refractivity contribution in [3.05, 3.63) is 36.4 Å². The number of guanidine groups is 1. The SMILES string of the molecule is CCn1cc([C@@H]2OCC[C@H]2CN=C(N)N2CCN(c3ncccn3)CC2)cn1. The summed E-state index contributed by atoms with van der Waals surface area (Å²) in [5.41, 5.74) is 7.42. The van der Waals surface area contributed by atoms with Crippen LogP contribution in [0.3, 0.4) is 0 Å². The third-order valence-electron chi connectivity index (χ3n) is 5.45. The standard InChI is InChI=1S/C19H28N8O/c1-2-27-14-16(13-24-27)17-15(4-11-28-17)12-23-18(20)25-7-9-26(10-8-25)19-21-5-3-6-22-19/h3,5-6,13-15,17H,2,4,7-12H2,1H3,(H2,20,23)/t15-,17+/m0/s1. The van der Waals surface area contributed by atoms with Crippen LogP contribution >= 0.6 is 0 Å². The molecule has 0 spiro atoms. The number of aryl methyl sites for hydroxylation is 1. The summed E-state index contributed by atoms with van der Waals surface area (Å²) in [6.45, 7) is 7.70. The van der Waals surface area contributed by atoms with Gasteiger partial charge in [0, 0.05) is 75.9 Å². The van der Waals surface area contributed by atoms with E-state index in [1.165, 1.54) is 0 Å². The number of nitrogens with zero attached hydrogens (tertiary/aromatic N) is 7. The molecule has 0 aliphatic carbocycles. The summed E-state index contributed by atoms with van der Waals surface area (Å²) in [5.74, 6) is 1.73. The molecule has 0 saturated carbocycles. The van der Waals surface area contributed by atoms with Crippen LogP contribution in [-0.4, -0.2) is 69.9 Å². The Hall–Kier alpha value is -2.68. The van der Waals surface area contributed by atoms with Gasteiger partial charge in [-0.05, 0) is 19.4 Å². The summed E-state index contributed by atoms with van der Waals surface area (Å²) < 4.78 is 7.88. The van der Waals surface area contributed by atoms with Crippen LogP contribution in [0.25, 0.3) is 0 Å². The van der Waals surface area contributed by atoms with E-state index in [1.54, 1.807) is 12.4 Å². The second-order valence-electron chi connectivity index (χ2n) is 7.19. The zero-order chi connectivity index (χ0) is 19.3.